The van der Waals surface area contributed by atoms with E-state index in [1.807, 2.05) is 0 Å². The van der Waals surface area contributed by atoms with E-state index in [2.05, 4.69) is 0 Å². The third-order valence-corrected chi connectivity index (χ3v) is 2.68. The number of hydrogen-bond donors (Lipinski definition) is 0. The second-order valence-electron chi connectivity index (χ2n) is 4.20. The lowest BCUT2D eigenvalue weighted by molar-refractivity contribution is 0.0444. The van der Waals surface area contributed by atoms with Gasteiger partial charge in [0.15, 0.2) is 0 Å². The molecule has 0 aromatic carbocycles. The Morgan fingerprint density at radius 1 is 0.826 bits per heavy atom. The van der Waals surface area contributed by atoms with Crippen molar-refractivity contribution in [2.45, 2.75) is 27.4 Å². The van der Waals surface area contributed by atoms with E-state index in [1.54, 1.807) is 20.8 Å². The molecule has 0 aliphatic rings. The molecule has 0 saturated carbocycles. The van der Waals surface area contributed by atoms with Gasteiger partial charge < -0.3 is 23.4 Å². The monoisotopic (exact) mass is 328 g/mol. The summed E-state index contributed by atoms with van der Waals surface area (Å²) in [6.45, 7) is 4.93. The highest BCUT2D eigenvalue weighted by Crippen LogP contribution is 2.26. The van der Waals surface area contributed by atoms with Crippen molar-refractivity contribution >= 4 is 17.9 Å². The summed E-state index contributed by atoms with van der Waals surface area (Å²) in [5, 5.41) is 0. The van der Waals surface area contributed by atoms with Gasteiger partial charge in [0.2, 0.25) is 5.76 Å². The van der Waals surface area contributed by atoms with Crippen molar-refractivity contribution in [3.63, 3.8) is 0 Å². The van der Waals surface area contributed by atoms with Crippen molar-refractivity contribution < 1.29 is 37.7 Å². The third kappa shape index (κ3) is 4.32. The SMILES string of the molecule is CCOC(=O)c1oc(COC)c(C(=O)OCC)c1C(=O)OCC. The van der Waals surface area contributed by atoms with Gasteiger partial charge in [0.1, 0.15) is 23.5 Å². The summed E-state index contributed by atoms with van der Waals surface area (Å²) < 4.78 is 24.9. The Kier molecular flexibility index (Phi) is 7.27. The minimum Gasteiger partial charge on any atom is -0.462 e. The van der Waals surface area contributed by atoms with E-state index in [1.165, 1.54) is 7.11 Å². The summed E-state index contributed by atoms with van der Waals surface area (Å²) in [5.74, 6) is -2.95. The molecule has 0 N–H and O–H groups in total. The maximum atomic E-state index is 12.2. The Hall–Kier alpha value is -2.35. The largest absolute Gasteiger partial charge is 0.462 e. The molecule has 8 heteroatoms. The van der Waals surface area contributed by atoms with Crippen molar-refractivity contribution in [3.8, 4) is 0 Å². The van der Waals surface area contributed by atoms with Gasteiger partial charge in [0.05, 0.1) is 19.8 Å². The lowest BCUT2D eigenvalue weighted by Crippen LogP contribution is -2.17. The Labute approximate surface area is 133 Å². The van der Waals surface area contributed by atoms with E-state index in [4.69, 9.17) is 23.4 Å². The molecule has 0 atom stereocenters. The number of hydrogen-bond acceptors (Lipinski definition) is 8. The minimum absolute atomic E-state index is 0.00273. The molecule has 128 valence electrons. The quantitative estimate of drug-likeness (QED) is 0.527. The molecule has 8 nitrogen and oxygen atoms in total. The predicted octanol–water partition coefficient (Wildman–Crippen LogP) is 1.96. The number of ether oxygens (including phenoxy) is 4. The van der Waals surface area contributed by atoms with Crippen LogP contribution in [0, 0.1) is 0 Å². The zero-order valence-corrected chi connectivity index (χ0v) is 13.6. The van der Waals surface area contributed by atoms with Crippen LogP contribution in [-0.4, -0.2) is 44.8 Å². The molecule has 1 rings (SSSR count). The normalized spacial score (nSPS) is 10.3. The van der Waals surface area contributed by atoms with Gasteiger partial charge in [-0.3, -0.25) is 0 Å². The van der Waals surface area contributed by atoms with Gasteiger partial charge in [0.25, 0.3) is 0 Å². The summed E-state index contributed by atoms with van der Waals surface area (Å²) >= 11 is 0. The van der Waals surface area contributed by atoms with Crippen LogP contribution in [0.5, 0.6) is 0 Å². The fourth-order valence-corrected chi connectivity index (χ4v) is 1.87. The van der Waals surface area contributed by atoms with Crippen molar-refractivity contribution in [2.24, 2.45) is 0 Å². The summed E-state index contributed by atoms with van der Waals surface area (Å²) in [6.07, 6.45) is 0. The van der Waals surface area contributed by atoms with Crippen molar-refractivity contribution in [1.29, 1.82) is 0 Å². The second kappa shape index (κ2) is 8.94. The minimum atomic E-state index is -0.872. The Balaban J connectivity index is 3.50. The summed E-state index contributed by atoms with van der Waals surface area (Å²) in [4.78, 5) is 36.4. The molecule has 23 heavy (non-hydrogen) atoms. The standard InChI is InChI=1S/C15H20O8/c1-5-20-13(16)10-9(8-19-4)23-12(15(18)22-7-3)11(10)14(17)21-6-2/h5-8H2,1-4H3. The van der Waals surface area contributed by atoms with Crippen LogP contribution in [0.25, 0.3) is 0 Å². The number of furan rings is 1. The average molecular weight is 328 g/mol. The fourth-order valence-electron chi connectivity index (χ4n) is 1.87. The van der Waals surface area contributed by atoms with E-state index >= 15 is 0 Å². The molecule has 0 aliphatic carbocycles. The molecule has 0 bridgehead atoms. The molecule has 0 aliphatic heterocycles. The third-order valence-electron chi connectivity index (χ3n) is 2.68. The van der Waals surface area contributed by atoms with E-state index in [9.17, 15) is 14.4 Å². The Bertz CT molecular complexity index is 572. The van der Waals surface area contributed by atoms with Crippen LogP contribution in [0.1, 0.15) is 57.8 Å². The van der Waals surface area contributed by atoms with Crippen LogP contribution in [0.3, 0.4) is 0 Å². The van der Waals surface area contributed by atoms with Gasteiger partial charge >= 0.3 is 17.9 Å². The topological polar surface area (TPSA) is 101 Å². The van der Waals surface area contributed by atoms with Gasteiger partial charge in [-0.25, -0.2) is 14.4 Å². The predicted molar refractivity (Wildman–Crippen MR) is 77.3 cm³/mol. The van der Waals surface area contributed by atoms with Crippen LogP contribution >= 0.6 is 0 Å². The highest BCUT2D eigenvalue weighted by Gasteiger charge is 2.35. The average Bonchev–Trinajstić information content (AvgIpc) is 2.88. The second-order valence-corrected chi connectivity index (χ2v) is 4.20. The number of carbonyl (C=O) groups is 3. The van der Waals surface area contributed by atoms with Crippen molar-refractivity contribution in [1.82, 2.24) is 0 Å². The van der Waals surface area contributed by atoms with E-state index in [0.29, 0.717) is 0 Å². The van der Waals surface area contributed by atoms with Crippen LogP contribution in [0.15, 0.2) is 4.42 Å². The van der Waals surface area contributed by atoms with Crippen LogP contribution in [0.4, 0.5) is 0 Å². The van der Waals surface area contributed by atoms with Crippen LogP contribution in [0.2, 0.25) is 0 Å². The van der Waals surface area contributed by atoms with Crippen molar-refractivity contribution in [2.75, 3.05) is 26.9 Å². The Morgan fingerprint density at radius 2 is 1.30 bits per heavy atom. The first-order chi connectivity index (χ1) is 11.0. The van der Waals surface area contributed by atoms with Crippen molar-refractivity contribution in [3.05, 3.63) is 22.6 Å². The lowest BCUT2D eigenvalue weighted by atomic mass is 10.1. The first-order valence-electron chi connectivity index (χ1n) is 7.17. The van der Waals surface area contributed by atoms with Gasteiger partial charge in [0, 0.05) is 7.11 Å². The summed E-state index contributed by atoms with van der Waals surface area (Å²) in [5.41, 5.74) is -0.494. The summed E-state index contributed by atoms with van der Waals surface area (Å²) in [7, 11) is 1.38. The number of esters is 3. The molecular formula is C15H20O8. The fraction of sp³-hybridized carbons (Fsp3) is 0.533. The molecule has 1 aromatic heterocycles. The molecule has 0 radical (unpaired) electrons. The van der Waals surface area contributed by atoms with E-state index in [0.717, 1.165) is 0 Å². The first kappa shape index (κ1) is 18.7. The van der Waals surface area contributed by atoms with E-state index < -0.39 is 23.7 Å². The van der Waals surface area contributed by atoms with Crippen LogP contribution in [-0.2, 0) is 25.6 Å². The summed E-state index contributed by atoms with van der Waals surface area (Å²) in [6, 6.07) is 0. The molecule has 0 amide bonds. The molecular weight excluding hydrogens is 308 g/mol. The maximum absolute atomic E-state index is 12.2. The zero-order valence-electron chi connectivity index (χ0n) is 13.6. The molecule has 0 spiro atoms. The Morgan fingerprint density at radius 3 is 1.78 bits per heavy atom. The van der Waals surface area contributed by atoms with Gasteiger partial charge in [-0.1, -0.05) is 0 Å². The van der Waals surface area contributed by atoms with Gasteiger partial charge in [-0.15, -0.1) is 0 Å². The van der Waals surface area contributed by atoms with Gasteiger partial charge in [-0.2, -0.15) is 0 Å². The van der Waals surface area contributed by atoms with Gasteiger partial charge in [-0.05, 0) is 20.8 Å². The number of methoxy groups -OCH3 is 1. The molecule has 0 unspecified atom stereocenters. The highest BCUT2D eigenvalue weighted by molar-refractivity contribution is 6.10. The molecule has 1 aromatic rings. The van der Waals surface area contributed by atoms with Crippen LogP contribution < -0.4 is 0 Å². The maximum Gasteiger partial charge on any atom is 0.375 e. The smallest absolute Gasteiger partial charge is 0.375 e. The molecule has 1 heterocycles. The number of rotatable bonds is 8. The first-order valence-corrected chi connectivity index (χ1v) is 7.17. The lowest BCUT2D eigenvalue weighted by Gasteiger charge is -2.06. The van der Waals surface area contributed by atoms with E-state index in [-0.39, 0.29) is 43.3 Å². The zero-order chi connectivity index (χ0) is 17.4. The number of carbonyl (C=O) groups excluding carboxylic acids is 3. The highest BCUT2D eigenvalue weighted by atomic mass is 16.6. The molecule has 0 fully saturated rings. The molecule has 0 saturated heterocycles.